The molecule has 0 saturated carbocycles. The van der Waals surface area contributed by atoms with Gasteiger partial charge in [0.2, 0.25) is 0 Å². The molecule has 3 heteroatoms. The summed E-state index contributed by atoms with van der Waals surface area (Å²) in [7, 11) is 1.58. The first-order chi connectivity index (χ1) is 8.17. The summed E-state index contributed by atoms with van der Waals surface area (Å²) in [6.07, 6.45) is 3.60. The highest BCUT2D eigenvalue weighted by atomic mass is 16.5. The van der Waals surface area contributed by atoms with Crippen molar-refractivity contribution in [2.45, 2.75) is 26.2 Å². The molecule has 0 saturated heterocycles. The SMILES string of the molecule is CCCCC(=O)/C=C(\O)c1ccc(OC)cc1. The molecule has 0 aliphatic carbocycles. The van der Waals surface area contributed by atoms with Crippen molar-refractivity contribution >= 4 is 11.5 Å². The van der Waals surface area contributed by atoms with Gasteiger partial charge < -0.3 is 9.84 Å². The molecule has 1 rings (SSSR count). The van der Waals surface area contributed by atoms with E-state index in [1.807, 2.05) is 6.92 Å². The Hall–Kier alpha value is -1.77. The van der Waals surface area contributed by atoms with Gasteiger partial charge >= 0.3 is 0 Å². The summed E-state index contributed by atoms with van der Waals surface area (Å²) in [5.74, 6) is 0.688. The Morgan fingerprint density at radius 3 is 2.53 bits per heavy atom. The first-order valence-corrected chi connectivity index (χ1v) is 5.75. The fourth-order valence-electron chi connectivity index (χ4n) is 1.42. The molecule has 0 fully saturated rings. The molecule has 17 heavy (non-hydrogen) atoms. The first kappa shape index (κ1) is 13.3. The molecular weight excluding hydrogens is 216 g/mol. The smallest absolute Gasteiger partial charge is 0.159 e. The summed E-state index contributed by atoms with van der Waals surface area (Å²) in [4.78, 5) is 11.4. The number of carbonyl (C=O) groups is 1. The number of benzene rings is 1. The van der Waals surface area contributed by atoms with E-state index in [0.717, 1.165) is 18.6 Å². The van der Waals surface area contributed by atoms with Gasteiger partial charge in [0.05, 0.1) is 7.11 Å². The summed E-state index contributed by atoms with van der Waals surface area (Å²) < 4.78 is 5.02. The predicted molar refractivity (Wildman–Crippen MR) is 68.1 cm³/mol. The second-order valence-electron chi connectivity index (χ2n) is 3.83. The molecule has 0 amide bonds. The van der Waals surface area contributed by atoms with Gasteiger partial charge in [0.25, 0.3) is 0 Å². The highest BCUT2D eigenvalue weighted by Crippen LogP contribution is 2.17. The zero-order valence-corrected chi connectivity index (χ0v) is 10.3. The van der Waals surface area contributed by atoms with Crippen molar-refractivity contribution in [3.05, 3.63) is 35.9 Å². The van der Waals surface area contributed by atoms with Gasteiger partial charge in [-0.1, -0.05) is 13.3 Å². The van der Waals surface area contributed by atoms with Gasteiger partial charge in [-0.25, -0.2) is 0 Å². The number of rotatable bonds is 6. The van der Waals surface area contributed by atoms with E-state index in [9.17, 15) is 9.90 Å². The second kappa shape index (κ2) is 6.74. The van der Waals surface area contributed by atoms with Crippen molar-refractivity contribution in [2.75, 3.05) is 7.11 Å². The summed E-state index contributed by atoms with van der Waals surface area (Å²) in [6, 6.07) is 6.93. The lowest BCUT2D eigenvalue weighted by Crippen LogP contribution is -1.95. The van der Waals surface area contributed by atoms with Gasteiger partial charge in [-0.05, 0) is 30.7 Å². The lowest BCUT2D eigenvalue weighted by molar-refractivity contribution is -0.114. The Morgan fingerprint density at radius 2 is 2.00 bits per heavy atom. The van der Waals surface area contributed by atoms with Crippen LogP contribution in [0.4, 0.5) is 0 Å². The van der Waals surface area contributed by atoms with Crippen molar-refractivity contribution in [1.29, 1.82) is 0 Å². The standard InChI is InChI=1S/C14H18O3/c1-3-4-5-12(15)10-14(16)11-6-8-13(17-2)9-7-11/h6-10,16H,3-5H2,1-2H3/b14-10-. The predicted octanol–water partition coefficient (Wildman–Crippen LogP) is 3.35. The lowest BCUT2D eigenvalue weighted by atomic mass is 10.1. The molecule has 0 unspecified atom stereocenters. The minimum absolute atomic E-state index is 0.00811. The van der Waals surface area contributed by atoms with E-state index >= 15 is 0 Å². The van der Waals surface area contributed by atoms with E-state index in [1.54, 1.807) is 31.4 Å². The average Bonchev–Trinajstić information content (AvgIpc) is 2.36. The van der Waals surface area contributed by atoms with E-state index in [0.29, 0.717) is 12.0 Å². The summed E-state index contributed by atoms with van der Waals surface area (Å²) in [5, 5.41) is 9.75. The number of unbranched alkanes of at least 4 members (excludes halogenated alkanes) is 1. The van der Waals surface area contributed by atoms with Crippen molar-refractivity contribution in [3.63, 3.8) is 0 Å². The van der Waals surface area contributed by atoms with Crippen LogP contribution in [0.1, 0.15) is 31.7 Å². The Balaban J connectivity index is 2.70. The monoisotopic (exact) mass is 234 g/mol. The maximum Gasteiger partial charge on any atom is 0.159 e. The molecule has 92 valence electrons. The molecule has 0 aromatic heterocycles. The normalized spacial score (nSPS) is 11.3. The van der Waals surface area contributed by atoms with Gasteiger partial charge in [0, 0.05) is 18.1 Å². The van der Waals surface area contributed by atoms with E-state index < -0.39 is 0 Å². The molecule has 0 aliphatic heterocycles. The average molecular weight is 234 g/mol. The number of ketones is 1. The van der Waals surface area contributed by atoms with E-state index in [1.165, 1.54) is 6.08 Å². The van der Waals surface area contributed by atoms with Crippen LogP contribution in [-0.4, -0.2) is 18.0 Å². The summed E-state index contributed by atoms with van der Waals surface area (Å²) in [5.41, 5.74) is 0.621. The van der Waals surface area contributed by atoms with Gasteiger partial charge in [0.15, 0.2) is 5.78 Å². The van der Waals surface area contributed by atoms with Crippen LogP contribution in [0.25, 0.3) is 5.76 Å². The minimum atomic E-state index is -0.0415. The van der Waals surface area contributed by atoms with Crippen molar-refractivity contribution in [1.82, 2.24) is 0 Å². The quantitative estimate of drug-likeness (QED) is 0.606. The van der Waals surface area contributed by atoms with Gasteiger partial charge in [0.1, 0.15) is 11.5 Å². The van der Waals surface area contributed by atoms with Crippen LogP contribution in [-0.2, 0) is 4.79 Å². The van der Waals surface area contributed by atoms with Crippen LogP contribution in [0.15, 0.2) is 30.3 Å². The molecule has 0 radical (unpaired) electrons. The minimum Gasteiger partial charge on any atom is -0.507 e. The van der Waals surface area contributed by atoms with Crippen LogP contribution in [0.3, 0.4) is 0 Å². The Labute approximate surface area is 102 Å². The summed E-state index contributed by atoms with van der Waals surface area (Å²) >= 11 is 0. The van der Waals surface area contributed by atoms with Crippen LogP contribution in [0.5, 0.6) is 5.75 Å². The zero-order valence-electron chi connectivity index (χ0n) is 10.3. The number of ether oxygens (including phenoxy) is 1. The third-order valence-corrected chi connectivity index (χ3v) is 2.46. The van der Waals surface area contributed by atoms with Crippen molar-refractivity contribution < 1.29 is 14.6 Å². The number of aliphatic hydroxyl groups excluding tert-OH is 1. The molecule has 0 bridgehead atoms. The summed E-state index contributed by atoms with van der Waals surface area (Å²) in [6.45, 7) is 2.03. The maximum absolute atomic E-state index is 11.4. The third-order valence-electron chi connectivity index (χ3n) is 2.46. The van der Waals surface area contributed by atoms with E-state index in [2.05, 4.69) is 0 Å². The molecule has 3 nitrogen and oxygen atoms in total. The molecule has 0 spiro atoms. The van der Waals surface area contributed by atoms with Gasteiger partial charge in [-0.15, -0.1) is 0 Å². The molecule has 1 aromatic rings. The van der Waals surface area contributed by atoms with Crippen LogP contribution in [0.2, 0.25) is 0 Å². The fraction of sp³-hybridized carbons (Fsp3) is 0.357. The van der Waals surface area contributed by atoms with Gasteiger partial charge in [-0.2, -0.15) is 0 Å². The maximum atomic E-state index is 11.4. The van der Waals surface area contributed by atoms with E-state index in [-0.39, 0.29) is 11.5 Å². The molecule has 1 N–H and O–H groups in total. The second-order valence-corrected chi connectivity index (χ2v) is 3.83. The van der Waals surface area contributed by atoms with Crippen LogP contribution in [0, 0.1) is 0 Å². The lowest BCUT2D eigenvalue weighted by Gasteiger charge is -2.02. The number of methoxy groups -OCH3 is 1. The number of hydrogen-bond acceptors (Lipinski definition) is 3. The Kier molecular flexibility index (Phi) is 5.27. The topological polar surface area (TPSA) is 46.5 Å². The highest BCUT2D eigenvalue weighted by molar-refractivity contribution is 5.95. The third kappa shape index (κ3) is 4.31. The van der Waals surface area contributed by atoms with Crippen molar-refractivity contribution in [3.8, 4) is 5.75 Å². The van der Waals surface area contributed by atoms with Gasteiger partial charge in [-0.3, -0.25) is 4.79 Å². The molecule has 0 atom stereocenters. The van der Waals surface area contributed by atoms with Crippen LogP contribution < -0.4 is 4.74 Å². The Morgan fingerprint density at radius 1 is 1.35 bits per heavy atom. The number of carbonyl (C=O) groups excluding carboxylic acids is 1. The van der Waals surface area contributed by atoms with Crippen LogP contribution >= 0.6 is 0 Å². The molecule has 1 aromatic carbocycles. The van der Waals surface area contributed by atoms with E-state index in [4.69, 9.17) is 4.74 Å². The zero-order chi connectivity index (χ0) is 12.7. The number of allylic oxidation sites excluding steroid dienone is 1. The Bertz CT molecular complexity index is 390. The number of hydrogen-bond donors (Lipinski definition) is 1. The largest absolute Gasteiger partial charge is 0.507 e. The highest BCUT2D eigenvalue weighted by Gasteiger charge is 2.03. The number of aliphatic hydroxyl groups is 1. The first-order valence-electron chi connectivity index (χ1n) is 5.75. The molecule has 0 heterocycles. The van der Waals surface area contributed by atoms with Crippen molar-refractivity contribution in [2.24, 2.45) is 0 Å². The molecule has 0 aliphatic rings. The fourth-order valence-corrected chi connectivity index (χ4v) is 1.42. The molecular formula is C14H18O3.